The Balaban J connectivity index is 1.19. The van der Waals surface area contributed by atoms with Crippen molar-refractivity contribution in [3.63, 3.8) is 0 Å². The molecule has 0 aromatic heterocycles. The molecule has 0 aliphatic carbocycles. The standard InChI is InChI=1S/C34H43NO15/c1-17(2)10-21-29-19(12-24-31(21)46-16-45-24)22-14-43-23-5-4-18(11-20(23)30(22)48-29)49-50-33-28(40)32(41-8-3-7-36)25(47-34(33)42-9-6-35)15-44-27(39)13-26(37)38/h4-5,11-12,17,22,25,28,30,32-34,36,40H,3,6-10,13-16,35H2,1-2H3,(H,37,38)/t22-,25-,28+,30-,32-,33-,34-/m1/s1. The normalized spacial score (nSPS) is 26.0. The Morgan fingerprint density at radius 1 is 1.02 bits per heavy atom. The van der Waals surface area contributed by atoms with Crippen LogP contribution in [0, 0.1) is 5.92 Å². The van der Waals surface area contributed by atoms with Gasteiger partial charge in [-0.25, -0.2) is 0 Å². The lowest BCUT2D eigenvalue weighted by Gasteiger charge is -2.42. The Labute approximate surface area is 288 Å². The second-order valence-electron chi connectivity index (χ2n) is 12.8. The zero-order valence-electron chi connectivity index (χ0n) is 27.8. The van der Waals surface area contributed by atoms with E-state index in [2.05, 4.69) is 13.8 Å². The van der Waals surface area contributed by atoms with Gasteiger partial charge in [-0.05, 0) is 43.0 Å². The van der Waals surface area contributed by atoms with Crippen LogP contribution in [0.15, 0.2) is 24.3 Å². The van der Waals surface area contributed by atoms with Crippen LogP contribution in [-0.4, -0.2) is 104 Å². The molecule has 6 rings (SSSR count). The van der Waals surface area contributed by atoms with Gasteiger partial charge >= 0.3 is 11.9 Å². The first-order valence-corrected chi connectivity index (χ1v) is 16.7. The van der Waals surface area contributed by atoms with Gasteiger partial charge in [0, 0.05) is 36.4 Å². The average Bonchev–Trinajstić information content (AvgIpc) is 3.71. The van der Waals surface area contributed by atoms with Gasteiger partial charge in [0.15, 0.2) is 29.6 Å². The highest BCUT2D eigenvalue weighted by Crippen LogP contribution is 2.57. The van der Waals surface area contributed by atoms with Crippen molar-refractivity contribution in [2.24, 2.45) is 11.7 Å². The van der Waals surface area contributed by atoms with Crippen molar-refractivity contribution in [2.75, 3.05) is 46.4 Å². The van der Waals surface area contributed by atoms with Crippen molar-refractivity contribution < 1.29 is 72.6 Å². The third-order valence-electron chi connectivity index (χ3n) is 8.66. The topological polar surface area (TPSA) is 213 Å². The zero-order chi connectivity index (χ0) is 35.4. The number of carboxylic acid groups (broad SMARTS) is 1. The molecule has 4 heterocycles. The number of rotatable bonds is 16. The molecule has 50 heavy (non-hydrogen) atoms. The van der Waals surface area contributed by atoms with Crippen LogP contribution in [0.3, 0.4) is 0 Å². The number of aliphatic hydroxyl groups is 2. The first kappa shape index (κ1) is 35.9. The van der Waals surface area contributed by atoms with Crippen LogP contribution in [0.5, 0.6) is 28.7 Å². The van der Waals surface area contributed by atoms with Gasteiger partial charge in [0.05, 0.1) is 19.1 Å². The third-order valence-corrected chi connectivity index (χ3v) is 8.66. The lowest BCUT2D eigenvalue weighted by atomic mass is 9.87. The number of aliphatic carboxylic acids is 1. The molecule has 0 unspecified atom stereocenters. The van der Waals surface area contributed by atoms with Crippen molar-refractivity contribution in [1.82, 2.24) is 0 Å². The van der Waals surface area contributed by atoms with E-state index in [1.807, 2.05) is 6.07 Å². The van der Waals surface area contributed by atoms with E-state index in [4.69, 9.17) is 58.5 Å². The number of hydrogen-bond acceptors (Lipinski definition) is 15. The molecular weight excluding hydrogens is 662 g/mol. The van der Waals surface area contributed by atoms with Crippen LogP contribution in [0.4, 0.5) is 0 Å². The molecule has 2 aromatic rings. The highest BCUT2D eigenvalue weighted by molar-refractivity contribution is 5.90. The summed E-state index contributed by atoms with van der Waals surface area (Å²) in [5.41, 5.74) is 8.35. The number of esters is 1. The van der Waals surface area contributed by atoms with E-state index in [1.54, 1.807) is 18.2 Å². The summed E-state index contributed by atoms with van der Waals surface area (Å²) in [4.78, 5) is 34.4. The molecule has 4 aliphatic heterocycles. The summed E-state index contributed by atoms with van der Waals surface area (Å²) in [6.07, 6.45) is -6.44. The van der Waals surface area contributed by atoms with Gasteiger partial charge < -0.3 is 63.8 Å². The van der Waals surface area contributed by atoms with Crippen molar-refractivity contribution >= 4 is 11.9 Å². The van der Waals surface area contributed by atoms with Gasteiger partial charge in [-0.15, -0.1) is 0 Å². The van der Waals surface area contributed by atoms with E-state index in [-0.39, 0.29) is 57.4 Å². The van der Waals surface area contributed by atoms with Gasteiger partial charge in [0.2, 0.25) is 6.79 Å². The minimum Gasteiger partial charge on any atom is -0.492 e. The van der Waals surface area contributed by atoms with Gasteiger partial charge in [-0.3, -0.25) is 9.59 Å². The molecule has 4 aliphatic rings. The fraction of sp³-hybridized carbons (Fsp3) is 0.588. The molecule has 5 N–H and O–H groups in total. The monoisotopic (exact) mass is 705 g/mol. The highest BCUT2D eigenvalue weighted by atomic mass is 17.2. The van der Waals surface area contributed by atoms with Gasteiger partial charge in [0.1, 0.15) is 48.9 Å². The van der Waals surface area contributed by atoms with Crippen LogP contribution in [0.2, 0.25) is 0 Å². The molecule has 1 saturated heterocycles. The van der Waals surface area contributed by atoms with Gasteiger partial charge in [0.25, 0.3) is 0 Å². The number of benzene rings is 2. The summed E-state index contributed by atoms with van der Waals surface area (Å²) in [6.45, 7) is 4.37. The maximum absolute atomic E-state index is 11.9. The zero-order valence-corrected chi connectivity index (χ0v) is 27.8. The number of carbonyl (C=O) groups is 2. The predicted molar refractivity (Wildman–Crippen MR) is 169 cm³/mol. The smallest absolute Gasteiger partial charge is 0.317 e. The fourth-order valence-electron chi connectivity index (χ4n) is 6.47. The molecule has 7 atom stereocenters. The largest absolute Gasteiger partial charge is 0.492 e. The minimum atomic E-state index is -1.45. The molecular formula is C34H43NO15. The Morgan fingerprint density at radius 2 is 1.86 bits per heavy atom. The Kier molecular flexibility index (Phi) is 11.5. The number of nitrogens with two attached hydrogens (primary N) is 1. The SMILES string of the molecule is CC(C)Cc1c2c(cc3c1O[C@@H]1c4cc(OO[C@H]5[C@H](OCCN)O[C@H](COC(=O)CC(=O)O)[C@@H](OCCCO)[C@@H]5O)ccc4OC[C@H]31)OCO2. The van der Waals surface area contributed by atoms with Crippen LogP contribution in [0.25, 0.3) is 0 Å². The van der Waals surface area contributed by atoms with Gasteiger partial charge in [-0.1, -0.05) is 13.8 Å². The first-order valence-electron chi connectivity index (χ1n) is 16.7. The van der Waals surface area contributed by atoms with Gasteiger partial charge in [-0.2, -0.15) is 4.89 Å². The van der Waals surface area contributed by atoms with E-state index in [9.17, 15) is 19.8 Å². The molecule has 0 amide bonds. The van der Waals surface area contributed by atoms with Crippen molar-refractivity contribution in [2.45, 2.75) is 75.8 Å². The molecule has 16 heteroatoms. The number of aliphatic hydroxyl groups excluding tert-OH is 2. The molecule has 0 saturated carbocycles. The summed E-state index contributed by atoms with van der Waals surface area (Å²) in [6, 6.07) is 7.10. The first-order chi connectivity index (χ1) is 24.2. The van der Waals surface area contributed by atoms with Crippen molar-refractivity contribution in [3.05, 3.63) is 41.0 Å². The lowest BCUT2D eigenvalue weighted by molar-refractivity contribution is -0.375. The Hall–Kier alpha value is -3.90. The molecule has 0 radical (unpaired) electrons. The summed E-state index contributed by atoms with van der Waals surface area (Å²) in [5, 5.41) is 29.6. The second kappa shape index (κ2) is 16.0. The van der Waals surface area contributed by atoms with Crippen LogP contribution in [0.1, 0.15) is 55.4 Å². The number of ether oxygens (including phenoxy) is 8. The number of carboxylic acids is 1. The Morgan fingerprint density at radius 3 is 2.62 bits per heavy atom. The summed E-state index contributed by atoms with van der Waals surface area (Å²) >= 11 is 0. The summed E-state index contributed by atoms with van der Waals surface area (Å²) < 4.78 is 47.0. The number of fused-ring (bicyclic) bond motifs is 6. The maximum Gasteiger partial charge on any atom is 0.317 e. The maximum atomic E-state index is 11.9. The molecule has 0 bridgehead atoms. The average molecular weight is 706 g/mol. The molecule has 274 valence electrons. The minimum absolute atomic E-state index is 0.0221. The molecule has 2 aromatic carbocycles. The van der Waals surface area contributed by atoms with E-state index < -0.39 is 55.7 Å². The Bertz CT molecular complexity index is 1520. The third kappa shape index (κ3) is 7.71. The van der Waals surface area contributed by atoms with Crippen molar-refractivity contribution in [3.8, 4) is 28.7 Å². The molecule has 0 spiro atoms. The summed E-state index contributed by atoms with van der Waals surface area (Å²) in [7, 11) is 0. The molecule has 1 fully saturated rings. The van der Waals surface area contributed by atoms with E-state index in [0.717, 1.165) is 28.9 Å². The van der Waals surface area contributed by atoms with Crippen LogP contribution < -0.4 is 29.6 Å². The van der Waals surface area contributed by atoms with E-state index in [1.165, 1.54) is 0 Å². The van der Waals surface area contributed by atoms with E-state index >= 15 is 0 Å². The van der Waals surface area contributed by atoms with E-state index in [0.29, 0.717) is 29.8 Å². The molecule has 16 nitrogen and oxygen atoms in total. The lowest BCUT2D eigenvalue weighted by Crippen LogP contribution is -2.61. The second-order valence-corrected chi connectivity index (χ2v) is 12.8. The highest BCUT2D eigenvalue weighted by Gasteiger charge is 2.49. The van der Waals surface area contributed by atoms with Crippen LogP contribution in [-0.2, 0) is 39.8 Å². The predicted octanol–water partition coefficient (Wildman–Crippen LogP) is 1.75. The fourth-order valence-corrected chi connectivity index (χ4v) is 6.47. The quantitative estimate of drug-likeness (QED) is 0.0644. The van der Waals surface area contributed by atoms with Crippen LogP contribution >= 0.6 is 0 Å². The number of hydrogen-bond donors (Lipinski definition) is 4. The van der Waals surface area contributed by atoms with Crippen molar-refractivity contribution in [1.29, 1.82) is 0 Å². The summed E-state index contributed by atoms with van der Waals surface area (Å²) in [5.74, 6) is 0.948. The number of carbonyl (C=O) groups excluding carboxylic acids is 1.